The Morgan fingerprint density at radius 1 is 0.943 bits per heavy atom. The molecule has 176 valence electrons. The van der Waals surface area contributed by atoms with E-state index in [1.165, 1.54) is 12.1 Å². The van der Waals surface area contributed by atoms with Gasteiger partial charge < -0.3 is 9.88 Å². The van der Waals surface area contributed by atoms with Crippen molar-refractivity contribution in [1.29, 1.82) is 0 Å². The van der Waals surface area contributed by atoms with E-state index in [0.717, 1.165) is 39.2 Å². The zero-order valence-electron chi connectivity index (χ0n) is 18.6. The number of aromatic nitrogens is 3. The van der Waals surface area contributed by atoms with E-state index in [0.29, 0.717) is 18.0 Å². The van der Waals surface area contributed by atoms with Crippen LogP contribution in [0.5, 0.6) is 0 Å². The van der Waals surface area contributed by atoms with Gasteiger partial charge in [0.25, 0.3) is 0 Å². The smallest absolute Gasteiger partial charge is 0.238 e. The third-order valence-electron chi connectivity index (χ3n) is 5.71. The number of benzene rings is 3. The van der Waals surface area contributed by atoms with Crippen LogP contribution in [0.1, 0.15) is 5.56 Å². The predicted octanol–water partition coefficient (Wildman–Crippen LogP) is 5.04. The van der Waals surface area contributed by atoms with E-state index in [2.05, 4.69) is 33.6 Å². The van der Waals surface area contributed by atoms with Gasteiger partial charge in [-0.25, -0.2) is 23.5 Å². The number of nitrogens with zero attached hydrogens (tertiary/aromatic N) is 3. The first-order valence-corrected chi connectivity index (χ1v) is 12.9. The number of hydrogen-bond donors (Lipinski definition) is 2. The van der Waals surface area contributed by atoms with Crippen LogP contribution in [0.25, 0.3) is 27.8 Å². The average Bonchev–Trinajstić information content (AvgIpc) is 3.25. The van der Waals surface area contributed by atoms with Crippen molar-refractivity contribution in [3.63, 3.8) is 0 Å². The molecule has 5 rings (SSSR count). The Hall–Kier alpha value is -3.72. The van der Waals surface area contributed by atoms with Crippen LogP contribution in [0, 0.1) is 0 Å². The zero-order chi connectivity index (χ0) is 24.4. The molecule has 3 N–H and O–H groups in total. The number of primary sulfonamides is 1. The van der Waals surface area contributed by atoms with Crippen molar-refractivity contribution in [1.82, 2.24) is 14.5 Å². The minimum atomic E-state index is -3.71. The second-order valence-corrected chi connectivity index (χ2v) is 10.0. The summed E-state index contributed by atoms with van der Waals surface area (Å²) in [6.45, 7) is 0.595. The summed E-state index contributed by atoms with van der Waals surface area (Å²) >= 11 is 6.26. The highest BCUT2D eigenvalue weighted by atomic mass is 35.5. The normalized spacial score (nSPS) is 11.6. The lowest BCUT2D eigenvalue weighted by Crippen LogP contribution is -2.12. The van der Waals surface area contributed by atoms with Gasteiger partial charge in [-0.2, -0.15) is 0 Å². The van der Waals surface area contributed by atoms with Crippen molar-refractivity contribution in [2.45, 2.75) is 11.3 Å². The first-order chi connectivity index (χ1) is 16.9. The van der Waals surface area contributed by atoms with Crippen molar-refractivity contribution >= 4 is 38.5 Å². The van der Waals surface area contributed by atoms with Gasteiger partial charge >= 0.3 is 0 Å². The molecule has 7 nitrogen and oxygen atoms in total. The van der Waals surface area contributed by atoms with E-state index >= 15 is 0 Å². The monoisotopic (exact) mass is 503 g/mol. The van der Waals surface area contributed by atoms with Crippen molar-refractivity contribution < 1.29 is 8.42 Å². The maximum atomic E-state index is 11.5. The number of anilines is 1. The van der Waals surface area contributed by atoms with E-state index in [4.69, 9.17) is 16.7 Å². The van der Waals surface area contributed by atoms with Crippen LogP contribution in [0.15, 0.2) is 96.3 Å². The molecule has 0 unspecified atom stereocenters. The summed E-state index contributed by atoms with van der Waals surface area (Å²) in [6.07, 6.45) is 4.27. The van der Waals surface area contributed by atoms with Gasteiger partial charge in [-0.15, -0.1) is 0 Å². The molecule has 3 aromatic carbocycles. The molecule has 0 amide bonds. The van der Waals surface area contributed by atoms with E-state index in [-0.39, 0.29) is 4.90 Å². The number of rotatable bonds is 7. The second kappa shape index (κ2) is 9.50. The number of hydrogen-bond acceptors (Lipinski definition) is 5. The fraction of sp³-hybridized carbons (Fsp3) is 0.0769. The Kier molecular flexibility index (Phi) is 6.25. The fourth-order valence-electron chi connectivity index (χ4n) is 4.03. The molecule has 0 radical (unpaired) electrons. The van der Waals surface area contributed by atoms with Crippen molar-refractivity contribution in [2.75, 3.05) is 11.9 Å². The van der Waals surface area contributed by atoms with Crippen LogP contribution < -0.4 is 10.5 Å². The molecule has 5 aromatic rings. The summed E-state index contributed by atoms with van der Waals surface area (Å²) in [6, 6.07) is 24.3. The van der Waals surface area contributed by atoms with E-state index < -0.39 is 10.0 Å². The molecule has 0 bridgehead atoms. The Morgan fingerprint density at radius 3 is 2.43 bits per heavy atom. The quantitative estimate of drug-likeness (QED) is 0.324. The summed E-state index contributed by atoms with van der Waals surface area (Å²) in [5.41, 5.74) is 4.70. The first kappa shape index (κ1) is 23.0. The third-order valence-corrected chi connectivity index (χ3v) is 6.88. The SMILES string of the molecule is NS(=O)(=O)c1ccc(CCNc2ncnc3c2c(-c2ccccc2)cn3-c2cccc(Cl)c2)cc1. The molecular formula is C26H22ClN5O2S. The van der Waals surface area contributed by atoms with Gasteiger partial charge in [-0.1, -0.05) is 60.1 Å². The maximum Gasteiger partial charge on any atom is 0.238 e. The summed E-state index contributed by atoms with van der Waals surface area (Å²) in [7, 11) is -3.71. The molecule has 2 heterocycles. The molecule has 0 spiro atoms. The summed E-state index contributed by atoms with van der Waals surface area (Å²) in [5.74, 6) is 0.718. The van der Waals surface area contributed by atoms with Gasteiger partial charge in [0.1, 0.15) is 12.1 Å². The third kappa shape index (κ3) is 4.90. The molecule has 35 heavy (non-hydrogen) atoms. The maximum absolute atomic E-state index is 11.5. The molecule has 0 aliphatic heterocycles. The summed E-state index contributed by atoms with van der Waals surface area (Å²) in [4.78, 5) is 9.23. The highest BCUT2D eigenvalue weighted by molar-refractivity contribution is 7.89. The lowest BCUT2D eigenvalue weighted by Gasteiger charge is -2.09. The lowest BCUT2D eigenvalue weighted by molar-refractivity contribution is 0.598. The van der Waals surface area contributed by atoms with Crippen LogP contribution in [0.2, 0.25) is 5.02 Å². The van der Waals surface area contributed by atoms with Crippen molar-refractivity contribution in [2.24, 2.45) is 5.14 Å². The lowest BCUT2D eigenvalue weighted by atomic mass is 10.1. The van der Waals surface area contributed by atoms with Gasteiger partial charge in [-0.05, 0) is 47.9 Å². The van der Waals surface area contributed by atoms with Gasteiger partial charge in [0.2, 0.25) is 10.0 Å². The standard InChI is InChI=1S/C26H22ClN5O2S/c27-20-7-4-8-21(15-20)32-16-23(19-5-2-1-3-6-19)24-25(30-17-31-26(24)32)29-14-13-18-9-11-22(12-10-18)35(28,33)34/h1-12,15-17H,13-14H2,(H2,28,33,34)(H,29,30,31). The second-order valence-electron chi connectivity index (χ2n) is 8.05. The molecule has 0 atom stereocenters. The molecule has 0 fully saturated rings. The van der Waals surface area contributed by atoms with Gasteiger partial charge in [0.15, 0.2) is 5.65 Å². The van der Waals surface area contributed by atoms with Crippen LogP contribution in [-0.2, 0) is 16.4 Å². The largest absolute Gasteiger partial charge is 0.369 e. The number of sulfonamides is 1. The summed E-state index contributed by atoms with van der Waals surface area (Å²) < 4.78 is 25.0. The fourth-order valence-corrected chi connectivity index (χ4v) is 4.73. The Labute approximate surface area is 208 Å². The first-order valence-electron chi connectivity index (χ1n) is 10.9. The van der Waals surface area contributed by atoms with Crippen LogP contribution in [0.4, 0.5) is 5.82 Å². The Bertz CT molecular complexity index is 1600. The van der Waals surface area contributed by atoms with Crippen LogP contribution in [-0.4, -0.2) is 29.5 Å². The number of nitrogens with one attached hydrogen (secondary N) is 1. The van der Waals surface area contributed by atoms with Gasteiger partial charge in [0.05, 0.1) is 10.3 Å². The zero-order valence-corrected chi connectivity index (χ0v) is 20.2. The number of fused-ring (bicyclic) bond motifs is 1. The van der Waals surface area contributed by atoms with E-state index in [1.807, 2.05) is 47.0 Å². The molecule has 9 heteroatoms. The van der Waals surface area contributed by atoms with Gasteiger partial charge in [0, 0.05) is 29.0 Å². The molecule has 2 aromatic heterocycles. The Balaban J connectivity index is 1.50. The minimum absolute atomic E-state index is 0.0987. The van der Waals surface area contributed by atoms with Crippen molar-refractivity contribution in [3.05, 3.63) is 102 Å². The van der Waals surface area contributed by atoms with Crippen LogP contribution >= 0.6 is 11.6 Å². The Morgan fingerprint density at radius 2 is 1.71 bits per heavy atom. The molecule has 0 saturated heterocycles. The van der Waals surface area contributed by atoms with E-state index in [1.54, 1.807) is 18.5 Å². The average molecular weight is 504 g/mol. The number of halogens is 1. The van der Waals surface area contributed by atoms with Gasteiger partial charge in [-0.3, -0.25) is 0 Å². The minimum Gasteiger partial charge on any atom is -0.369 e. The van der Waals surface area contributed by atoms with Crippen molar-refractivity contribution in [3.8, 4) is 16.8 Å². The van der Waals surface area contributed by atoms with E-state index in [9.17, 15) is 8.42 Å². The highest BCUT2D eigenvalue weighted by Gasteiger charge is 2.17. The topological polar surface area (TPSA) is 103 Å². The highest BCUT2D eigenvalue weighted by Crippen LogP contribution is 2.35. The summed E-state index contributed by atoms with van der Waals surface area (Å²) in [5, 5.41) is 10.2. The van der Waals surface area contributed by atoms with Crippen LogP contribution in [0.3, 0.4) is 0 Å². The molecule has 0 aliphatic carbocycles. The molecular weight excluding hydrogens is 482 g/mol. The number of nitrogens with two attached hydrogens (primary N) is 1. The molecule has 0 saturated carbocycles. The predicted molar refractivity (Wildman–Crippen MR) is 139 cm³/mol. The molecule has 0 aliphatic rings.